The van der Waals surface area contributed by atoms with Gasteiger partial charge in [-0.2, -0.15) is 0 Å². The second-order valence-electron chi connectivity index (χ2n) is 5.67. The zero-order valence-electron chi connectivity index (χ0n) is 12.3. The fourth-order valence-electron chi connectivity index (χ4n) is 2.96. The Kier molecular flexibility index (Phi) is 3.52. The van der Waals surface area contributed by atoms with Gasteiger partial charge >= 0.3 is 0 Å². The molecule has 1 aliphatic carbocycles. The fourth-order valence-corrected chi connectivity index (χ4v) is 2.96. The zero-order chi connectivity index (χ0) is 15.0. The molecule has 1 aliphatic rings. The van der Waals surface area contributed by atoms with E-state index in [1.54, 1.807) is 0 Å². The topological polar surface area (TPSA) is 49.3 Å². The average Bonchev–Trinajstić information content (AvgIpc) is 2.78. The van der Waals surface area contributed by atoms with E-state index in [1.165, 1.54) is 0 Å². The second-order valence-corrected chi connectivity index (χ2v) is 5.67. The minimum absolute atomic E-state index is 0.128. The van der Waals surface area contributed by atoms with Crippen LogP contribution in [-0.4, -0.2) is 17.1 Å². The molecule has 2 atom stereocenters. The van der Waals surface area contributed by atoms with Gasteiger partial charge in [0.25, 0.3) is 5.91 Å². The predicted molar refractivity (Wildman–Crippen MR) is 82.3 cm³/mol. The molecular weight excluding hydrogens is 262 g/mol. The molecule has 0 radical (unpaired) electrons. The van der Waals surface area contributed by atoms with Gasteiger partial charge in [0, 0.05) is 12.0 Å². The van der Waals surface area contributed by atoms with E-state index < -0.39 is 6.10 Å². The van der Waals surface area contributed by atoms with Crippen LogP contribution in [0.3, 0.4) is 0 Å². The van der Waals surface area contributed by atoms with E-state index in [4.69, 9.17) is 0 Å². The minimum atomic E-state index is -0.559. The van der Waals surface area contributed by atoms with Crippen molar-refractivity contribution < 1.29 is 9.90 Å². The molecule has 3 nitrogen and oxygen atoms in total. The standard InChI is InChI=1S/C18H19NO2/c1-11-6-5-9-14(12(11)2)18(21)19-17-15-8-4-3-7-13(15)10-16(17)20/h3-9,16-17,20H,10H2,1-2H3,(H,19,21)/t16-,17+/m1/s1. The van der Waals surface area contributed by atoms with Crippen molar-refractivity contribution in [1.82, 2.24) is 5.32 Å². The van der Waals surface area contributed by atoms with E-state index in [2.05, 4.69) is 5.32 Å². The van der Waals surface area contributed by atoms with Crippen LogP contribution in [0, 0.1) is 13.8 Å². The van der Waals surface area contributed by atoms with Crippen LogP contribution >= 0.6 is 0 Å². The molecule has 0 bridgehead atoms. The molecule has 2 aromatic carbocycles. The highest BCUT2D eigenvalue weighted by atomic mass is 16.3. The first kappa shape index (κ1) is 13.8. The molecule has 1 amide bonds. The van der Waals surface area contributed by atoms with E-state index >= 15 is 0 Å². The SMILES string of the molecule is Cc1cccc(C(=O)N[C@H]2c3ccccc3C[C@H]2O)c1C. The molecule has 21 heavy (non-hydrogen) atoms. The van der Waals surface area contributed by atoms with Crippen LogP contribution in [0.2, 0.25) is 0 Å². The lowest BCUT2D eigenvalue weighted by Crippen LogP contribution is -2.34. The molecule has 2 N–H and O–H groups in total. The zero-order valence-corrected chi connectivity index (χ0v) is 12.3. The molecule has 0 unspecified atom stereocenters. The normalized spacial score (nSPS) is 20.1. The highest BCUT2D eigenvalue weighted by Gasteiger charge is 2.32. The van der Waals surface area contributed by atoms with Gasteiger partial charge in [0.2, 0.25) is 0 Å². The average molecular weight is 281 g/mol. The molecule has 0 aromatic heterocycles. The molecule has 3 heteroatoms. The number of fused-ring (bicyclic) bond motifs is 1. The Labute approximate surface area is 124 Å². The van der Waals surface area contributed by atoms with Gasteiger partial charge in [0.15, 0.2) is 0 Å². The Morgan fingerprint density at radius 2 is 1.90 bits per heavy atom. The summed E-state index contributed by atoms with van der Waals surface area (Å²) >= 11 is 0. The Morgan fingerprint density at radius 1 is 1.14 bits per heavy atom. The van der Waals surface area contributed by atoms with Crippen molar-refractivity contribution in [2.45, 2.75) is 32.4 Å². The third-order valence-corrected chi connectivity index (χ3v) is 4.34. The van der Waals surface area contributed by atoms with Crippen molar-refractivity contribution >= 4 is 5.91 Å². The van der Waals surface area contributed by atoms with Gasteiger partial charge in [-0.05, 0) is 42.2 Å². The number of carbonyl (C=O) groups excluding carboxylic acids is 1. The van der Waals surface area contributed by atoms with Gasteiger partial charge in [0.05, 0.1) is 12.1 Å². The lowest BCUT2D eigenvalue weighted by atomic mass is 10.0. The van der Waals surface area contributed by atoms with Gasteiger partial charge < -0.3 is 10.4 Å². The molecule has 0 spiro atoms. The van der Waals surface area contributed by atoms with Crippen molar-refractivity contribution in [3.8, 4) is 0 Å². The number of carbonyl (C=O) groups is 1. The summed E-state index contributed by atoms with van der Waals surface area (Å²) in [6.07, 6.45) is 0.0324. The summed E-state index contributed by atoms with van der Waals surface area (Å²) < 4.78 is 0. The van der Waals surface area contributed by atoms with Crippen LogP contribution in [-0.2, 0) is 6.42 Å². The van der Waals surface area contributed by atoms with Gasteiger partial charge in [-0.3, -0.25) is 4.79 Å². The number of aliphatic hydroxyl groups is 1. The molecule has 0 fully saturated rings. The van der Waals surface area contributed by atoms with Gasteiger partial charge in [-0.25, -0.2) is 0 Å². The highest BCUT2D eigenvalue weighted by molar-refractivity contribution is 5.96. The van der Waals surface area contributed by atoms with Gasteiger partial charge in [-0.1, -0.05) is 36.4 Å². The third kappa shape index (κ3) is 2.45. The summed E-state index contributed by atoms with van der Waals surface area (Å²) in [7, 11) is 0. The molecule has 0 heterocycles. The highest BCUT2D eigenvalue weighted by Crippen LogP contribution is 2.31. The number of nitrogens with one attached hydrogen (secondary N) is 1. The van der Waals surface area contributed by atoms with Crippen LogP contribution in [0.25, 0.3) is 0 Å². The minimum Gasteiger partial charge on any atom is -0.390 e. The fraction of sp³-hybridized carbons (Fsp3) is 0.278. The molecule has 0 aliphatic heterocycles. The lowest BCUT2D eigenvalue weighted by molar-refractivity contribution is 0.0857. The maximum absolute atomic E-state index is 12.5. The summed E-state index contributed by atoms with van der Waals surface area (Å²) in [5.74, 6) is -0.128. The Hall–Kier alpha value is -2.13. The van der Waals surface area contributed by atoms with E-state index in [0.29, 0.717) is 12.0 Å². The Balaban J connectivity index is 1.87. The lowest BCUT2D eigenvalue weighted by Gasteiger charge is -2.19. The van der Waals surface area contributed by atoms with Crippen molar-refractivity contribution in [1.29, 1.82) is 0 Å². The summed E-state index contributed by atoms with van der Waals surface area (Å²) in [4.78, 5) is 12.5. The van der Waals surface area contributed by atoms with Crippen LogP contribution in [0.4, 0.5) is 0 Å². The third-order valence-electron chi connectivity index (χ3n) is 4.34. The van der Waals surface area contributed by atoms with Crippen LogP contribution in [0.1, 0.15) is 38.7 Å². The smallest absolute Gasteiger partial charge is 0.252 e. The summed E-state index contributed by atoms with van der Waals surface area (Å²) in [5.41, 5.74) is 4.87. The molecule has 0 saturated heterocycles. The Morgan fingerprint density at radius 3 is 2.71 bits per heavy atom. The first-order chi connectivity index (χ1) is 10.1. The van der Waals surface area contributed by atoms with E-state index in [1.807, 2.05) is 56.3 Å². The van der Waals surface area contributed by atoms with E-state index in [0.717, 1.165) is 22.3 Å². The number of benzene rings is 2. The summed E-state index contributed by atoms with van der Waals surface area (Å²) in [5, 5.41) is 13.2. The maximum atomic E-state index is 12.5. The van der Waals surface area contributed by atoms with Crippen molar-refractivity contribution in [2.75, 3.05) is 0 Å². The quantitative estimate of drug-likeness (QED) is 0.889. The molecule has 0 saturated carbocycles. The summed E-state index contributed by atoms with van der Waals surface area (Å²) in [6.45, 7) is 3.94. The number of hydrogen-bond acceptors (Lipinski definition) is 2. The van der Waals surface area contributed by atoms with Crippen molar-refractivity contribution in [3.05, 3.63) is 70.3 Å². The van der Waals surface area contributed by atoms with Crippen LogP contribution in [0.15, 0.2) is 42.5 Å². The summed E-state index contributed by atoms with van der Waals surface area (Å²) in [6, 6.07) is 13.2. The van der Waals surface area contributed by atoms with Crippen LogP contribution in [0.5, 0.6) is 0 Å². The molecule has 108 valence electrons. The first-order valence-electron chi connectivity index (χ1n) is 7.21. The first-order valence-corrected chi connectivity index (χ1v) is 7.21. The van der Waals surface area contributed by atoms with Crippen molar-refractivity contribution in [2.24, 2.45) is 0 Å². The maximum Gasteiger partial charge on any atom is 0.252 e. The van der Waals surface area contributed by atoms with Crippen molar-refractivity contribution in [3.63, 3.8) is 0 Å². The molecule has 3 rings (SSSR count). The number of aliphatic hydroxyl groups excluding tert-OH is 1. The predicted octanol–water partition coefficient (Wildman–Crippen LogP) is 2.69. The van der Waals surface area contributed by atoms with Crippen LogP contribution < -0.4 is 5.32 Å². The monoisotopic (exact) mass is 281 g/mol. The van der Waals surface area contributed by atoms with Gasteiger partial charge in [-0.15, -0.1) is 0 Å². The van der Waals surface area contributed by atoms with E-state index in [9.17, 15) is 9.90 Å². The number of amides is 1. The Bertz CT molecular complexity index is 693. The largest absolute Gasteiger partial charge is 0.390 e. The number of rotatable bonds is 2. The van der Waals surface area contributed by atoms with Gasteiger partial charge in [0.1, 0.15) is 0 Å². The van der Waals surface area contributed by atoms with E-state index in [-0.39, 0.29) is 11.9 Å². The molecular formula is C18H19NO2. The second kappa shape index (κ2) is 5.34. The molecule has 2 aromatic rings. The number of aryl methyl sites for hydroxylation is 1. The number of hydrogen-bond donors (Lipinski definition) is 2.